The third kappa shape index (κ3) is 5.95. The van der Waals surface area contributed by atoms with E-state index in [9.17, 15) is 4.79 Å². The Hall–Kier alpha value is -2.55. The van der Waals surface area contributed by atoms with Gasteiger partial charge < -0.3 is 10.1 Å². The average molecular weight is 285 g/mol. The summed E-state index contributed by atoms with van der Waals surface area (Å²) in [7, 11) is 1.56. The van der Waals surface area contributed by atoms with Crippen molar-refractivity contribution in [1.82, 2.24) is 0 Å². The molecular formula is C18H21NO2. The van der Waals surface area contributed by atoms with E-state index in [4.69, 9.17) is 7.48 Å². The van der Waals surface area contributed by atoms with Gasteiger partial charge in [0.25, 0.3) is 0 Å². The molecule has 2 aromatic carbocycles. The van der Waals surface area contributed by atoms with Crippen LogP contribution in [-0.2, 0) is 4.79 Å². The standard InChI is InChI=1S/C16H15NO2.C2H6/c1-19-15-10-8-14(9-11-15)17-16(18)12-7-13-5-3-2-4-6-13;1-2/h2-12H,1H3,(H,17,18);1-2H3/b12-7+;/i7D,12D;. The predicted molar refractivity (Wildman–Crippen MR) is 88.4 cm³/mol. The van der Waals surface area contributed by atoms with Crippen LogP contribution in [0.1, 0.15) is 22.2 Å². The number of ether oxygens (including phenoxy) is 1. The molecule has 0 aliphatic heterocycles. The van der Waals surface area contributed by atoms with Gasteiger partial charge in [-0.05, 0) is 35.9 Å². The first kappa shape index (κ1) is 13.4. The molecule has 0 fully saturated rings. The molecule has 0 saturated carbocycles. The van der Waals surface area contributed by atoms with Crippen LogP contribution in [0.2, 0.25) is 0 Å². The summed E-state index contributed by atoms with van der Waals surface area (Å²) in [5.74, 6) is 0.0640. The number of carbonyl (C=O) groups excluding carboxylic acids is 1. The van der Waals surface area contributed by atoms with Crippen LogP contribution in [0.15, 0.2) is 60.6 Å². The number of rotatable bonds is 4. The number of hydrogen-bond acceptors (Lipinski definition) is 2. The van der Waals surface area contributed by atoms with Crippen molar-refractivity contribution in [3.63, 3.8) is 0 Å². The Morgan fingerprint density at radius 1 is 1.10 bits per heavy atom. The van der Waals surface area contributed by atoms with Crippen LogP contribution in [0.5, 0.6) is 5.75 Å². The van der Waals surface area contributed by atoms with Gasteiger partial charge in [-0.2, -0.15) is 0 Å². The Balaban J connectivity index is 0.00000127. The molecule has 0 saturated heterocycles. The van der Waals surface area contributed by atoms with Gasteiger partial charge in [-0.3, -0.25) is 4.79 Å². The van der Waals surface area contributed by atoms with Crippen LogP contribution < -0.4 is 10.1 Å². The second-order valence-corrected chi connectivity index (χ2v) is 3.80. The van der Waals surface area contributed by atoms with Gasteiger partial charge in [-0.15, -0.1) is 0 Å². The fraction of sp³-hybridized carbons (Fsp3) is 0.167. The number of nitrogens with one attached hydrogen (secondary N) is 1. The number of amides is 1. The highest BCUT2D eigenvalue weighted by Gasteiger charge is 1.98. The smallest absolute Gasteiger partial charge is 0.248 e. The molecule has 0 aliphatic rings. The number of hydrogen-bond donors (Lipinski definition) is 1. The van der Waals surface area contributed by atoms with E-state index in [1.165, 1.54) is 0 Å². The highest BCUT2D eigenvalue weighted by atomic mass is 16.5. The maximum atomic E-state index is 12.0. The summed E-state index contributed by atoms with van der Waals surface area (Å²) in [4.78, 5) is 12.0. The second kappa shape index (κ2) is 9.37. The summed E-state index contributed by atoms with van der Waals surface area (Å²) in [6.45, 7) is 4.00. The van der Waals surface area contributed by atoms with Crippen LogP contribution >= 0.6 is 0 Å². The van der Waals surface area contributed by atoms with Crippen LogP contribution in [0, 0.1) is 0 Å². The number of methoxy groups -OCH3 is 1. The number of benzene rings is 2. The summed E-state index contributed by atoms with van der Waals surface area (Å²) < 4.78 is 20.7. The molecule has 110 valence electrons. The van der Waals surface area contributed by atoms with Crippen molar-refractivity contribution in [2.75, 3.05) is 12.4 Å². The fourth-order valence-corrected chi connectivity index (χ4v) is 1.49. The highest BCUT2D eigenvalue weighted by molar-refractivity contribution is 6.01. The van der Waals surface area contributed by atoms with E-state index in [-0.39, 0.29) is 12.1 Å². The predicted octanol–water partition coefficient (Wildman–Crippen LogP) is 4.37. The number of anilines is 1. The zero-order chi connectivity index (χ0) is 17.2. The largest absolute Gasteiger partial charge is 0.497 e. The minimum Gasteiger partial charge on any atom is -0.497 e. The van der Waals surface area contributed by atoms with Crippen molar-refractivity contribution in [3.8, 4) is 5.75 Å². The number of carbonyl (C=O) groups is 1. The lowest BCUT2D eigenvalue weighted by molar-refractivity contribution is -0.111. The monoisotopic (exact) mass is 285 g/mol. The third-order valence-electron chi connectivity index (χ3n) is 2.44. The summed E-state index contributed by atoms with van der Waals surface area (Å²) in [6, 6.07) is 15.0. The first-order valence-electron chi connectivity index (χ1n) is 7.80. The van der Waals surface area contributed by atoms with Gasteiger partial charge >= 0.3 is 0 Å². The first-order chi connectivity index (χ1) is 11.1. The molecule has 1 amide bonds. The topological polar surface area (TPSA) is 38.3 Å². The van der Waals surface area contributed by atoms with E-state index < -0.39 is 5.91 Å². The van der Waals surface area contributed by atoms with Crippen molar-refractivity contribution >= 4 is 17.6 Å². The molecule has 0 heterocycles. The van der Waals surface area contributed by atoms with Crippen LogP contribution in [0.3, 0.4) is 0 Å². The zero-order valence-electron chi connectivity index (χ0n) is 14.5. The quantitative estimate of drug-likeness (QED) is 0.847. The van der Waals surface area contributed by atoms with E-state index in [2.05, 4.69) is 5.32 Å². The molecule has 0 radical (unpaired) electrons. The molecule has 0 aliphatic carbocycles. The first-order valence-corrected chi connectivity index (χ1v) is 6.80. The van der Waals surface area contributed by atoms with E-state index in [0.29, 0.717) is 17.0 Å². The van der Waals surface area contributed by atoms with Gasteiger partial charge in [0, 0.05) is 11.7 Å². The Bertz CT molecular complexity index is 652. The second-order valence-electron chi connectivity index (χ2n) is 3.80. The molecule has 1 N–H and O–H groups in total. The Morgan fingerprint density at radius 3 is 2.29 bits per heavy atom. The van der Waals surface area contributed by atoms with Gasteiger partial charge in [-0.25, -0.2) is 0 Å². The molecule has 0 atom stereocenters. The Morgan fingerprint density at radius 2 is 1.71 bits per heavy atom. The third-order valence-corrected chi connectivity index (χ3v) is 2.44. The summed E-state index contributed by atoms with van der Waals surface area (Å²) in [5, 5.41) is 2.58. The minimum atomic E-state index is -0.617. The van der Waals surface area contributed by atoms with Crippen molar-refractivity contribution in [1.29, 1.82) is 0 Å². The maximum absolute atomic E-state index is 12.0. The maximum Gasteiger partial charge on any atom is 0.248 e. The molecule has 3 nitrogen and oxygen atoms in total. The van der Waals surface area contributed by atoms with Gasteiger partial charge in [0.15, 0.2) is 0 Å². The van der Waals surface area contributed by atoms with E-state index >= 15 is 0 Å². The van der Waals surface area contributed by atoms with E-state index in [0.717, 1.165) is 0 Å². The van der Waals surface area contributed by atoms with Gasteiger partial charge in [0.1, 0.15) is 5.75 Å². The normalized spacial score (nSPS) is 12.0. The summed E-state index contributed by atoms with van der Waals surface area (Å²) in [5.41, 5.74) is 1.08. The minimum absolute atomic E-state index is 0.110. The molecule has 2 aromatic rings. The SMILES string of the molecule is CC.[2H]/C(C(=O)Nc1ccc(OC)cc1)=C(/[2H])c1ccccc1. The molecule has 2 rings (SSSR count). The van der Waals surface area contributed by atoms with Crippen LogP contribution in [-0.4, -0.2) is 13.0 Å². The van der Waals surface area contributed by atoms with Crippen LogP contribution in [0.4, 0.5) is 5.69 Å². The molecule has 0 spiro atoms. The van der Waals surface area contributed by atoms with Gasteiger partial charge in [0.2, 0.25) is 5.91 Å². The van der Waals surface area contributed by atoms with E-state index in [1.807, 2.05) is 19.9 Å². The molecule has 0 aromatic heterocycles. The summed E-state index contributed by atoms with van der Waals surface area (Å²) in [6.07, 6.45) is 0. The lowest BCUT2D eigenvalue weighted by Gasteiger charge is -2.03. The highest BCUT2D eigenvalue weighted by Crippen LogP contribution is 2.15. The van der Waals surface area contributed by atoms with Crippen molar-refractivity contribution in [3.05, 3.63) is 66.2 Å². The molecule has 21 heavy (non-hydrogen) atoms. The van der Waals surface area contributed by atoms with Crippen molar-refractivity contribution in [2.24, 2.45) is 0 Å². The zero-order valence-corrected chi connectivity index (χ0v) is 12.5. The van der Waals surface area contributed by atoms with Gasteiger partial charge in [0.05, 0.1) is 9.85 Å². The Labute approximate surface area is 129 Å². The lowest BCUT2D eigenvalue weighted by Crippen LogP contribution is -2.07. The fourth-order valence-electron chi connectivity index (χ4n) is 1.49. The summed E-state index contributed by atoms with van der Waals surface area (Å²) >= 11 is 0. The van der Waals surface area contributed by atoms with Crippen molar-refractivity contribution in [2.45, 2.75) is 13.8 Å². The van der Waals surface area contributed by atoms with Crippen LogP contribution in [0.25, 0.3) is 6.05 Å². The molecule has 0 unspecified atom stereocenters. The Kier molecular flexibility index (Phi) is 5.99. The molecule has 0 bridgehead atoms. The van der Waals surface area contributed by atoms with Gasteiger partial charge in [-0.1, -0.05) is 44.2 Å². The lowest BCUT2D eigenvalue weighted by atomic mass is 10.2. The van der Waals surface area contributed by atoms with E-state index in [1.54, 1.807) is 55.6 Å². The molecular weight excluding hydrogens is 262 g/mol. The average Bonchev–Trinajstić information content (AvgIpc) is 2.63. The molecule has 3 heteroatoms. The van der Waals surface area contributed by atoms with Crippen molar-refractivity contribution < 1.29 is 12.3 Å².